The van der Waals surface area contributed by atoms with Crippen LogP contribution in [0.3, 0.4) is 0 Å². The maximum absolute atomic E-state index is 11.8. The minimum Gasteiger partial charge on any atom is -0.356 e. The molecule has 2 aliphatic rings. The number of nitrogens with zero attached hydrogens (tertiary/aromatic N) is 1. The summed E-state index contributed by atoms with van der Waals surface area (Å²) >= 11 is 0. The van der Waals surface area contributed by atoms with Crippen molar-refractivity contribution in [2.75, 3.05) is 26.2 Å². The normalized spacial score (nSPS) is 21.5. The molecule has 1 fully saturated rings. The van der Waals surface area contributed by atoms with Gasteiger partial charge in [-0.25, -0.2) is 0 Å². The summed E-state index contributed by atoms with van der Waals surface area (Å²) in [5.74, 6) is 0.198. The minimum absolute atomic E-state index is 0.198. The Morgan fingerprint density at radius 2 is 2.18 bits per heavy atom. The molecule has 1 unspecified atom stereocenters. The zero-order valence-electron chi connectivity index (χ0n) is 13.3. The van der Waals surface area contributed by atoms with Crippen LogP contribution >= 0.6 is 0 Å². The third kappa shape index (κ3) is 4.31. The number of benzene rings is 1. The lowest BCUT2D eigenvalue weighted by Gasteiger charge is -2.28. The fraction of sp³-hybridized carbons (Fsp3) is 0.611. The molecule has 1 aromatic carbocycles. The van der Waals surface area contributed by atoms with Gasteiger partial charge >= 0.3 is 0 Å². The predicted octanol–water partition coefficient (Wildman–Crippen LogP) is 1.69. The maximum Gasteiger partial charge on any atom is 0.221 e. The van der Waals surface area contributed by atoms with Crippen molar-refractivity contribution >= 4 is 5.91 Å². The van der Waals surface area contributed by atoms with Crippen LogP contribution in [0.1, 0.15) is 36.8 Å². The Kier molecular flexibility index (Phi) is 5.46. The van der Waals surface area contributed by atoms with Gasteiger partial charge in [-0.15, -0.1) is 0 Å². The Morgan fingerprint density at radius 1 is 1.32 bits per heavy atom. The smallest absolute Gasteiger partial charge is 0.221 e. The van der Waals surface area contributed by atoms with Crippen LogP contribution in [0.4, 0.5) is 0 Å². The Bertz CT molecular complexity index is 497. The molecular weight excluding hydrogens is 274 g/mol. The van der Waals surface area contributed by atoms with E-state index in [0.717, 1.165) is 52.0 Å². The molecule has 120 valence electrons. The highest BCUT2D eigenvalue weighted by Crippen LogP contribution is 2.18. The van der Waals surface area contributed by atoms with Crippen LogP contribution in [0.15, 0.2) is 24.3 Å². The molecule has 0 radical (unpaired) electrons. The molecule has 0 saturated carbocycles. The molecular formula is C18H27N3O. The molecule has 0 aromatic heterocycles. The molecule has 4 nitrogen and oxygen atoms in total. The molecule has 0 aliphatic carbocycles. The number of fused-ring (bicyclic) bond motifs is 1. The maximum atomic E-state index is 11.8. The van der Waals surface area contributed by atoms with Gasteiger partial charge in [-0.05, 0) is 43.4 Å². The van der Waals surface area contributed by atoms with Crippen LogP contribution in [-0.2, 0) is 17.8 Å². The van der Waals surface area contributed by atoms with Crippen molar-refractivity contribution in [2.24, 2.45) is 0 Å². The number of nitrogens with one attached hydrogen (secondary N) is 2. The lowest BCUT2D eigenvalue weighted by atomic mass is 10.00. The van der Waals surface area contributed by atoms with Crippen LogP contribution in [0.5, 0.6) is 0 Å². The second kappa shape index (κ2) is 7.75. The molecule has 1 amide bonds. The highest BCUT2D eigenvalue weighted by atomic mass is 16.1. The first-order valence-corrected chi connectivity index (χ1v) is 8.60. The molecule has 2 aliphatic heterocycles. The van der Waals surface area contributed by atoms with E-state index in [0.29, 0.717) is 12.5 Å². The zero-order valence-corrected chi connectivity index (χ0v) is 13.3. The van der Waals surface area contributed by atoms with Crippen molar-refractivity contribution < 1.29 is 4.79 Å². The number of carbonyl (C=O) groups is 1. The summed E-state index contributed by atoms with van der Waals surface area (Å²) in [5, 5.41) is 6.43. The van der Waals surface area contributed by atoms with Crippen LogP contribution in [0.25, 0.3) is 0 Å². The van der Waals surface area contributed by atoms with E-state index in [9.17, 15) is 4.79 Å². The number of hydrogen-bond acceptors (Lipinski definition) is 3. The second-order valence-electron chi connectivity index (χ2n) is 6.50. The first-order valence-electron chi connectivity index (χ1n) is 8.60. The van der Waals surface area contributed by atoms with Crippen LogP contribution in [-0.4, -0.2) is 43.0 Å². The van der Waals surface area contributed by atoms with Gasteiger partial charge in [-0.3, -0.25) is 9.69 Å². The fourth-order valence-electron chi connectivity index (χ4n) is 3.50. The molecule has 3 rings (SSSR count). The molecule has 1 atom stereocenters. The van der Waals surface area contributed by atoms with Crippen LogP contribution in [0.2, 0.25) is 0 Å². The van der Waals surface area contributed by atoms with Gasteiger partial charge in [-0.2, -0.15) is 0 Å². The standard InChI is InChI=1S/C18H27N3O/c22-18(13-17-7-3-9-19-17)20-10-4-11-21-12-8-15-5-1-2-6-16(15)14-21/h1-2,5-6,17,19H,3-4,7-14H2,(H,20,22). The van der Waals surface area contributed by atoms with E-state index in [1.165, 1.54) is 17.5 Å². The molecule has 1 saturated heterocycles. The van der Waals surface area contributed by atoms with E-state index < -0.39 is 0 Å². The van der Waals surface area contributed by atoms with E-state index in [4.69, 9.17) is 0 Å². The summed E-state index contributed by atoms with van der Waals surface area (Å²) in [5.41, 5.74) is 2.96. The van der Waals surface area contributed by atoms with Crippen molar-refractivity contribution in [1.29, 1.82) is 0 Å². The third-order valence-electron chi connectivity index (χ3n) is 4.78. The van der Waals surface area contributed by atoms with Gasteiger partial charge in [0.25, 0.3) is 0 Å². The van der Waals surface area contributed by atoms with Gasteiger partial charge in [0.2, 0.25) is 5.91 Å². The van der Waals surface area contributed by atoms with E-state index in [1.807, 2.05) is 0 Å². The molecule has 2 heterocycles. The molecule has 22 heavy (non-hydrogen) atoms. The molecule has 2 N–H and O–H groups in total. The third-order valence-corrected chi connectivity index (χ3v) is 4.78. The first kappa shape index (κ1) is 15.5. The highest BCUT2D eigenvalue weighted by Gasteiger charge is 2.18. The Labute approximate surface area is 133 Å². The van der Waals surface area contributed by atoms with Gasteiger partial charge in [0.15, 0.2) is 0 Å². The Hall–Kier alpha value is -1.39. The fourth-order valence-corrected chi connectivity index (χ4v) is 3.50. The molecule has 1 aromatic rings. The van der Waals surface area contributed by atoms with Gasteiger partial charge < -0.3 is 10.6 Å². The van der Waals surface area contributed by atoms with Crippen LogP contribution < -0.4 is 10.6 Å². The summed E-state index contributed by atoms with van der Waals surface area (Å²) in [6.07, 6.45) is 5.16. The lowest BCUT2D eigenvalue weighted by molar-refractivity contribution is -0.121. The topological polar surface area (TPSA) is 44.4 Å². The van der Waals surface area contributed by atoms with E-state index >= 15 is 0 Å². The van der Waals surface area contributed by atoms with Gasteiger partial charge in [0.1, 0.15) is 0 Å². The summed E-state index contributed by atoms with van der Waals surface area (Å²) in [7, 11) is 0. The largest absolute Gasteiger partial charge is 0.356 e. The van der Waals surface area contributed by atoms with Gasteiger partial charge in [0.05, 0.1) is 0 Å². The monoisotopic (exact) mass is 301 g/mol. The van der Waals surface area contributed by atoms with Crippen LogP contribution in [0, 0.1) is 0 Å². The van der Waals surface area contributed by atoms with Crippen molar-refractivity contribution in [1.82, 2.24) is 15.5 Å². The first-order chi connectivity index (χ1) is 10.8. The highest BCUT2D eigenvalue weighted by molar-refractivity contribution is 5.76. The average Bonchev–Trinajstić information content (AvgIpc) is 3.04. The summed E-state index contributed by atoms with van der Waals surface area (Å²) in [4.78, 5) is 14.3. The van der Waals surface area contributed by atoms with E-state index in [1.54, 1.807) is 0 Å². The molecule has 0 bridgehead atoms. The molecule has 0 spiro atoms. The summed E-state index contributed by atoms with van der Waals surface area (Å²) < 4.78 is 0. The Morgan fingerprint density at radius 3 is 3.00 bits per heavy atom. The summed E-state index contributed by atoms with van der Waals surface area (Å²) in [6.45, 7) is 5.11. The van der Waals surface area contributed by atoms with E-state index in [-0.39, 0.29) is 5.91 Å². The quantitative estimate of drug-likeness (QED) is 0.786. The van der Waals surface area contributed by atoms with Gasteiger partial charge in [-0.1, -0.05) is 24.3 Å². The SMILES string of the molecule is O=C(CC1CCCN1)NCCCN1CCc2ccccc2C1. The van der Waals surface area contributed by atoms with Crippen molar-refractivity contribution in [3.05, 3.63) is 35.4 Å². The number of carbonyl (C=O) groups excluding carboxylic acids is 1. The lowest BCUT2D eigenvalue weighted by Crippen LogP contribution is -2.35. The number of rotatable bonds is 6. The van der Waals surface area contributed by atoms with E-state index in [2.05, 4.69) is 39.8 Å². The minimum atomic E-state index is 0.198. The number of amides is 1. The van der Waals surface area contributed by atoms with Crippen molar-refractivity contribution in [3.8, 4) is 0 Å². The summed E-state index contributed by atoms with van der Waals surface area (Å²) in [6, 6.07) is 9.13. The number of hydrogen-bond donors (Lipinski definition) is 2. The second-order valence-corrected chi connectivity index (χ2v) is 6.50. The van der Waals surface area contributed by atoms with Gasteiger partial charge in [0, 0.05) is 38.6 Å². The zero-order chi connectivity index (χ0) is 15.2. The predicted molar refractivity (Wildman–Crippen MR) is 88.7 cm³/mol. The van der Waals surface area contributed by atoms with Crippen molar-refractivity contribution in [2.45, 2.75) is 44.7 Å². The Balaban J connectivity index is 1.31. The average molecular weight is 301 g/mol. The molecule has 4 heteroatoms. The van der Waals surface area contributed by atoms with Crippen molar-refractivity contribution in [3.63, 3.8) is 0 Å².